The van der Waals surface area contributed by atoms with E-state index in [1.165, 1.54) is 6.92 Å². The summed E-state index contributed by atoms with van der Waals surface area (Å²) < 4.78 is 5.77. The first-order chi connectivity index (χ1) is 11.0. The van der Waals surface area contributed by atoms with Crippen LogP contribution in [0.5, 0.6) is 0 Å². The fourth-order valence-electron chi connectivity index (χ4n) is 3.17. The molecule has 0 saturated heterocycles. The topological polar surface area (TPSA) is 55.4 Å². The molecule has 1 amide bonds. The van der Waals surface area contributed by atoms with Gasteiger partial charge in [0.15, 0.2) is 0 Å². The lowest BCUT2D eigenvalue weighted by Gasteiger charge is -2.32. The summed E-state index contributed by atoms with van der Waals surface area (Å²) in [6, 6.07) is 9.74. The molecule has 1 unspecified atom stereocenters. The highest BCUT2D eigenvalue weighted by Gasteiger charge is 2.31. The number of carbonyl (C=O) groups is 2. The van der Waals surface area contributed by atoms with Gasteiger partial charge in [-0.1, -0.05) is 36.4 Å². The molecule has 0 bridgehead atoms. The van der Waals surface area contributed by atoms with Crippen molar-refractivity contribution < 1.29 is 14.3 Å². The Bertz CT molecular complexity index is 580. The monoisotopic (exact) mass is 315 g/mol. The van der Waals surface area contributed by atoms with E-state index < -0.39 is 0 Å². The highest BCUT2D eigenvalue weighted by Crippen LogP contribution is 2.34. The Morgan fingerprint density at radius 2 is 1.96 bits per heavy atom. The fraction of sp³-hybridized carbons (Fsp3) is 0.474. The van der Waals surface area contributed by atoms with Crippen molar-refractivity contribution in [2.24, 2.45) is 5.92 Å². The fourth-order valence-corrected chi connectivity index (χ4v) is 3.17. The van der Waals surface area contributed by atoms with Gasteiger partial charge in [-0.05, 0) is 37.8 Å². The van der Waals surface area contributed by atoms with Crippen LogP contribution in [0.4, 0.5) is 0 Å². The zero-order valence-electron chi connectivity index (χ0n) is 14.0. The standard InChI is InChI=1S/C19H25NO3/c1-4-23-18-12-16(10-11-17(18)13(2)21)19(20-14(3)22)15-8-6-5-7-9-15/h5-9,12,17-19H,4,10-11H2,1-3H3,(H,20,22)/t17-,18?,19+/m1/s1. The Kier molecular flexibility index (Phi) is 6.11. The van der Waals surface area contributed by atoms with Crippen molar-refractivity contribution in [2.75, 3.05) is 6.61 Å². The lowest BCUT2D eigenvalue weighted by atomic mass is 9.81. The molecule has 1 aromatic rings. The maximum absolute atomic E-state index is 11.8. The number of Topliss-reactive ketones (excluding diaryl/α,β-unsaturated/α-hetero) is 1. The van der Waals surface area contributed by atoms with Gasteiger partial charge in [0.25, 0.3) is 0 Å². The summed E-state index contributed by atoms with van der Waals surface area (Å²) in [5, 5.41) is 3.02. The average Bonchev–Trinajstić information content (AvgIpc) is 2.53. The van der Waals surface area contributed by atoms with Gasteiger partial charge in [0.2, 0.25) is 5.91 Å². The minimum Gasteiger partial charge on any atom is -0.374 e. The van der Waals surface area contributed by atoms with Crippen LogP contribution < -0.4 is 5.32 Å². The number of hydrogen-bond donors (Lipinski definition) is 1. The number of hydrogen-bond acceptors (Lipinski definition) is 3. The second-order valence-electron chi connectivity index (χ2n) is 5.96. The molecule has 1 aliphatic carbocycles. The first kappa shape index (κ1) is 17.4. The molecule has 0 aromatic heterocycles. The number of benzene rings is 1. The van der Waals surface area contributed by atoms with Gasteiger partial charge in [-0.3, -0.25) is 9.59 Å². The molecule has 0 heterocycles. The van der Waals surface area contributed by atoms with Crippen LogP contribution in [-0.2, 0) is 14.3 Å². The maximum Gasteiger partial charge on any atom is 0.217 e. The lowest BCUT2D eigenvalue weighted by molar-refractivity contribution is -0.125. The van der Waals surface area contributed by atoms with E-state index in [0.717, 1.165) is 24.0 Å². The summed E-state index contributed by atoms with van der Waals surface area (Å²) in [6.07, 6.45) is 3.37. The zero-order valence-corrected chi connectivity index (χ0v) is 14.0. The van der Waals surface area contributed by atoms with Crippen molar-refractivity contribution in [1.29, 1.82) is 0 Å². The van der Waals surface area contributed by atoms with Gasteiger partial charge in [-0.2, -0.15) is 0 Å². The minimum absolute atomic E-state index is 0.0681. The molecule has 0 spiro atoms. The predicted molar refractivity (Wildman–Crippen MR) is 89.9 cm³/mol. The molecule has 4 heteroatoms. The number of amides is 1. The predicted octanol–water partition coefficient (Wildman–Crippen LogP) is 3.19. The van der Waals surface area contributed by atoms with Crippen LogP contribution in [-0.4, -0.2) is 24.4 Å². The van der Waals surface area contributed by atoms with E-state index in [9.17, 15) is 9.59 Å². The van der Waals surface area contributed by atoms with Crippen molar-refractivity contribution in [1.82, 2.24) is 5.32 Å². The van der Waals surface area contributed by atoms with Gasteiger partial charge >= 0.3 is 0 Å². The summed E-state index contributed by atoms with van der Waals surface area (Å²) in [5.41, 5.74) is 2.16. The van der Waals surface area contributed by atoms with Crippen LogP contribution in [0.1, 0.15) is 45.2 Å². The van der Waals surface area contributed by atoms with Crippen LogP contribution in [0.2, 0.25) is 0 Å². The first-order valence-electron chi connectivity index (χ1n) is 8.17. The van der Waals surface area contributed by atoms with Crippen molar-refractivity contribution in [3.63, 3.8) is 0 Å². The third-order valence-electron chi connectivity index (χ3n) is 4.25. The van der Waals surface area contributed by atoms with Crippen molar-refractivity contribution in [2.45, 2.75) is 45.8 Å². The van der Waals surface area contributed by atoms with Gasteiger partial charge < -0.3 is 10.1 Å². The molecule has 4 nitrogen and oxygen atoms in total. The molecule has 0 aliphatic heterocycles. The highest BCUT2D eigenvalue weighted by molar-refractivity contribution is 5.79. The summed E-state index contributed by atoms with van der Waals surface area (Å²) in [5.74, 6) is 0.00314. The second kappa shape index (κ2) is 8.06. The molecule has 0 fully saturated rings. The summed E-state index contributed by atoms with van der Waals surface area (Å²) >= 11 is 0. The largest absolute Gasteiger partial charge is 0.374 e. The number of rotatable bonds is 6. The Morgan fingerprint density at radius 3 is 2.52 bits per heavy atom. The van der Waals surface area contributed by atoms with Crippen LogP contribution in [0.15, 0.2) is 42.0 Å². The van der Waals surface area contributed by atoms with Gasteiger partial charge in [-0.15, -0.1) is 0 Å². The third kappa shape index (κ3) is 4.52. The molecular formula is C19H25NO3. The van der Waals surface area contributed by atoms with E-state index in [2.05, 4.69) is 5.32 Å². The van der Waals surface area contributed by atoms with E-state index in [1.54, 1.807) is 6.92 Å². The smallest absolute Gasteiger partial charge is 0.217 e. The molecule has 3 atom stereocenters. The Hall–Kier alpha value is -1.94. The number of carbonyl (C=O) groups excluding carboxylic acids is 2. The average molecular weight is 315 g/mol. The van der Waals surface area contributed by atoms with Gasteiger partial charge in [0.05, 0.1) is 12.1 Å². The highest BCUT2D eigenvalue weighted by atomic mass is 16.5. The summed E-state index contributed by atoms with van der Waals surface area (Å²) in [7, 11) is 0. The van der Waals surface area contributed by atoms with E-state index >= 15 is 0 Å². The molecule has 0 saturated carbocycles. The number of nitrogens with one attached hydrogen (secondary N) is 1. The van der Waals surface area contributed by atoms with Gasteiger partial charge in [-0.25, -0.2) is 0 Å². The minimum atomic E-state index is -0.207. The van der Waals surface area contributed by atoms with Gasteiger partial charge in [0, 0.05) is 19.4 Å². The second-order valence-corrected chi connectivity index (χ2v) is 5.96. The zero-order chi connectivity index (χ0) is 16.8. The molecule has 0 radical (unpaired) electrons. The van der Waals surface area contributed by atoms with Crippen molar-refractivity contribution in [3.8, 4) is 0 Å². The molecular weight excluding hydrogens is 290 g/mol. The summed E-state index contributed by atoms with van der Waals surface area (Å²) in [4.78, 5) is 23.5. The van der Waals surface area contributed by atoms with Crippen LogP contribution in [0.3, 0.4) is 0 Å². The number of ether oxygens (including phenoxy) is 1. The van der Waals surface area contributed by atoms with Crippen molar-refractivity contribution >= 4 is 11.7 Å². The molecule has 23 heavy (non-hydrogen) atoms. The first-order valence-corrected chi connectivity index (χ1v) is 8.17. The lowest BCUT2D eigenvalue weighted by Crippen LogP contribution is -2.35. The van der Waals surface area contributed by atoms with Crippen LogP contribution in [0.25, 0.3) is 0 Å². The molecule has 1 aromatic carbocycles. The SMILES string of the molecule is CCOC1C=C([C@@H](NC(C)=O)c2ccccc2)CC[C@@H]1C(C)=O. The van der Waals surface area contributed by atoms with Crippen LogP contribution >= 0.6 is 0 Å². The van der Waals surface area contributed by atoms with E-state index in [1.807, 2.05) is 43.3 Å². The molecule has 1 N–H and O–H groups in total. The Balaban J connectivity index is 2.32. The van der Waals surface area contributed by atoms with Crippen LogP contribution in [0, 0.1) is 5.92 Å². The molecule has 2 rings (SSSR count). The Labute approximate surface area is 137 Å². The van der Waals surface area contributed by atoms with E-state index in [0.29, 0.717) is 6.61 Å². The number of ketones is 1. The normalized spacial score (nSPS) is 22.1. The summed E-state index contributed by atoms with van der Waals surface area (Å²) in [6.45, 7) is 5.64. The van der Waals surface area contributed by atoms with E-state index in [4.69, 9.17) is 4.74 Å². The molecule has 124 valence electrons. The Morgan fingerprint density at radius 1 is 1.26 bits per heavy atom. The quantitative estimate of drug-likeness (QED) is 0.820. The van der Waals surface area contributed by atoms with Crippen molar-refractivity contribution in [3.05, 3.63) is 47.5 Å². The maximum atomic E-state index is 11.8. The van der Waals surface area contributed by atoms with E-state index in [-0.39, 0.29) is 29.8 Å². The molecule has 1 aliphatic rings. The van der Waals surface area contributed by atoms with Gasteiger partial charge in [0.1, 0.15) is 5.78 Å². The third-order valence-corrected chi connectivity index (χ3v) is 4.25.